The van der Waals surface area contributed by atoms with Crippen molar-refractivity contribution in [1.82, 2.24) is 0 Å². The van der Waals surface area contributed by atoms with Crippen LogP contribution in [0.15, 0.2) is 70.2 Å². The fraction of sp³-hybridized carbons (Fsp3) is 0.190. The minimum Gasteiger partial charge on any atom is -0.510 e. The number of nitrogens with zero attached hydrogens (tertiary/aromatic N) is 2. The summed E-state index contributed by atoms with van der Waals surface area (Å²) in [5.74, 6) is -1.38. The third kappa shape index (κ3) is 7.28. The lowest BCUT2D eigenvalue weighted by atomic mass is 10.2. The Bertz CT molecular complexity index is 1040. The number of urea groups is 1. The molecule has 0 aliphatic rings. The monoisotopic (exact) mass is 424 g/mol. The lowest BCUT2D eigenvalue weighted by molar-refractivity contribution is -0.119. The van der Waals surface area contributed by atoms with Crippen LogP contribution in [0.5, 0.6) is 0 Å². The highest BCUT2D eigenvalue weighted by Crippen LogP contribution is 2.21. The van der Waals surface area contributed by atoms with E-state index in [0.717, 1.165) is 0 Å². The Labute approximate surface area is 179 Å². The van der Waals surface area contributed by atoms with Gasteiger partial charge in [-0.1, -0.05) is 26.0 Å². The summed E-state index contributed by atoms with van der Waals surface area (Å²) >= 11 is 0. The van der Waals surface area contributed by atoms with Crippen molar-refractivity contribution in [2.24, 2.45) is 21.9 Å². The molecule has 0 saturated carbocycles. The Balaban J connectivity index is 2.15. The molecule has 0 fully saturated rings. The van der Waals surface area contributed by atoms with Crippen LogP contribution in [0.2, 0.25) is 0 Å². The van der Waals surface area contributed by atoms with Gasteiger partial charge >= 0.3 is 6.03 Å². The summed E-state index contributed by atoms with van der Waals surface area (Å²) < 4.78 is 0. The molecule has 0 radical (unpaired) electrons. The summed E-state index contributed by atoms with van der Waals surface area (Å²) in [6.45, 7) is 4.84. The third-order valence-electron chi connectivity index (χ3n) is 3.85. The van der Waals surface area contributed by atoms with Crippen LogP contribution >= 0.6 is 0 Å². The van der Waals surface area contributed by atoms with Gasteiger partial charge in [0.15, 0.2) is 5.70 Å². The number of amides is 4. The van der Waals surface area contributed by atoms with Gasteiger partial charge in [0.1, 0.15) is 5.76 Å². The van der Waals surface area contributed by atoms with Crippen molar-refractivity contribution in [2.75, 3.05) is 16.0 Å². The lowest BCUT2D eigenvalue weighted by Gasteiger charge is -2.10. The molecule has 0 aromatic heterocycles. The van der Waals surface area contributed by atoms with Crippen LogP contribution in [0, 0.1) is 5.92 Å². The second-order valence-electron chi connectivity index (χ2n) is 6.85. The zero-order valence-electron chi connectivity index (χ0n) is 17.3. The van der Waals surface area contributed by atoms with Crippen LogP contribution in [0.4, 0.5) is 27.5 Å². The minimum absolute atomic E-state index is 0.155. The molecule has 2 aromatic carbocycles. The molecule has 2 rings (SSSR count). The van der Waals surface area contributed by atoms with E-state index in [1.807, 2.05) is 0 Å². The number of aliphatic hydroxyl groups excluding tert-OH is 1. The van der Waals surface area contributed by atoms with E-state index in [0.29, 0.717) is 22.7 Å². The average molecular weight is 424 g/mol. The van der Waals surface area contributed by atoms with E-state index >= 15 is 0 Å². The quantitative estimate of drug-likeness (QED) is 0.255. The zero-order chi connectivity index (χ0) is 23.0. The van der Waals surface area contributed by atoms with Gasteiger partial charge in [0.25, 0.3) is 5.91 Å². The van der Waals surface area contributed by atoms with Crippen molar-refractivity contribution in [1.29, 1.82) is 0 Å². The van der Waals surface area contributed by atoms with E-state index in [2.05, 4.69) is 26.2 Å². The number of hydrogen-bond acceptors (Lipinski definition) is 6. The maximum Gasteiger partial charge on any atom is 0.316 e. The smallest absolute Gasteiger partial charge is 0.316 e. The summed E-state index contributed by atoms with van der Waals surface area (Å²) in [7, 11) is 0. The van der Waals surface area contributed by atoms with E-state index in [-0.39, 0.29) is 23.3 Å². The number of aliphatic hydroxyl groups is 1. The van der Waals surface area contributed by atoms with Crippen molar-refractivity contribution < 1.29 is 19.5 Å². The van der Waals surface area contributed by atoms with E-state index in [1.165, 1.54) is 13.0 Å². The van der Waals surface area contributed by atoms with Gasteiger partial charge in [-0.3, -0.25) is 9.59 Å². The first kappa shape index (κ1) is 23.1. The molecule has 0 heterocycles. The molecule has 0 bridgehead atoms. The van der Waals surface area contributed by atoms with Gasteiger partial charge in [-0.15, -0.1) is 5.11 Å². The summed E-state index contributed by atoms with van der Waals surface area (Å²) in [5, 5.41) is 25.4. The van der Waals surface area contributed by atoms with Gasteiger partial charge in [0.2, 0.25) is 5.91 Å². The standard InChI is InChI=1S/C21H24N6O4/c1-12(2)19(29)23-14-6-4-7-15(10-14)24-20(30)18(13(3)28)27-26-17-9-5-8-16(11-17)25-21(22)31/h4-12,28H,1-3H3,(H,23,29)(H,24,30)(H3,22,25,31). The molecule has 0 unspecified atom stereocenters. The number of hydrogen-bond donors (Lipinski definition) is 5. The number of nitrogens with two attached hydrogens (primary N) is 1. The highest BCUT2D eigenvalue weighted by molar-refractivity contribution is 6.04. The number of azo groups is 1. The second-order valence-corrected chi connectivity index (χ2v) is 6.85. The zero-order valence-corrected chi connectivity index (χ0v) is 17.3. The van der Waals surface area contributed by atoms with Gasteiger partial charge in [-0.2, -0.15) is 5.11 Å². The normalized spacial score (nSPS) is 11.7. The number of nitrogens with one attached hydrogen (secondary N) is 3. The molecular formula is C21H24N6O4. The molecule has 4 amide bonds. The molecule has 10 nitrogen and oxygen atoms in total. The van der Waals surface area contributed by atoms with Crippen LogP contribution in [0.3, 0.4) is 0 Å². The highest BCUT2D eigenvalue weighted by atomic mass is 16.3. The predicted molar refractivity (Wildman–Crippen MR) is 118 cm³/mol. The Morgan fingerprint density at radius 1 is 0.935 bits per heavy atom. The SMILES string of the molecule is CC(O)=C(N=Nc1cccc(NC(N)=O)c1)C(=O)Nc1cccc(NC(=O)C(C)C)c1. The number of rotatable bonds is 7. The molecule has 0 atom stereocenters. The van der Waals surface area contributed by atoms with E-state index < -0.39 is 11.9 Å². The Morgan fingerprint density at radius 3 is 2.10 bits per heavy atom. The molecule has 162 valence electrons. The van der Waals surface area contributed by atoms with Crippen molar-refractivity contribution >= 4 is 40.6 Å². The number of benzene rings is 2. The van der Waals surface area contributed by atoms with Gasteiger partial charge < -0.3 is 26.8 Å². The summed E-state index contributed by atoms with van der Waals surface area (Å²) in [4.78, 5) is 35.4. The second kappa shape index (κ2) is 10.5. The van der Waals surface area contributed by atoms with Crippen LogP contribution in [-0.2, 0) is 9.59 Å². The highest BCUT2D eigenvalue weighted by Gasteiger charge is 2.14. The first-order valence-electron chi connectivity index (χ1n) is 9.36. The number of carbonyl (C=O) groups excluding carboxylic acids is 3. The molecule has 31 heavy (non-hydrogen) atoms. The van der Waals surface area contributed by atoms with E-state index in [1.54, 1.807) is 56.3 Å². The maximum absolute atomic E-state index is 12.6. The summed E-state index contributed by atoms with van der Waals surface area (Å²) in [5.41, 5.74) is 6.43. The van der Waals surface area contributed by atoms with Crippen LogP contribution in [0.25, 0.3) is 0 Å². The number of carbonyl (C=O) groups is 3. The van der Waals surface area contributed by atoms with Crippen LogP contribution < -0.4 is 21.7 Å². The van der Waals surface area contributed by atoms with E-state index in [9.17, 15) is 19.5 Å². The fourth-order valence-corrected chi connectivity index (χ4v) is 2.33. The molecule has 2 aromatic rings. The van der Waals surface area contributed by atoms with Crippen molar-refractivity contribution in [2.45, 2.75) is 20.8 Å². The largest absolute Gasteiger partial charge is 0.510 e. The number of primary amides is 1. The van der Waals surface area contributed by atoms with Crippen molar-refractivity contribution in [3.63, 3.8) is 0 Å². The molecule has 0 aliphatic carbocycles. The molecule has 10 heteroatoms. The molecular weight excluding hydrogens is 400 g/mol. The lowest BCUT2D eigenvalue weighted by Crippen LogP contribution is -2.19. The van der Waals surface area contributed by atoms with E-state index in [4.69, 9.17) is 5.73 Å². The molecule has 6 N–H and O–H groups in total. The van der Waals surface area contributed by atoms with Crippen LogP contribution in [0.1, 0.15) is 20.8 Å². The fourth-order valence-electron chi connectivity index (χ4n) is 2.33. The Morgan fingerprint density at radius 2 is 1.52 bits per heavy atom. The van der Waals surface area contributed by atoms with Crippen LogP contribution in [-0.4, -0.2) is 23.0 Å². The first-order chi connectivity index (χ1) is 14.7. The van der Waals surface area contributed by atoms with Gasteiger partial charge in [0, 0.05) is 23.0 Å². The van der Waals surface area contributed by atoms with Crippen molar-refractivity contribution in [3.05, 3.63) is 60.0 Å². The minimum atomic E-state index is -0.730. The predicted octanol–water partition coefficient (Wildman–Crippen LogP) is 4.28. The molecule has 0 aliphatic heterocycles. The topological polar surface area (TPSA) is 158 Å². The first-order valence-corrected chi connectivity index (χ1v) is 9.36. The maximum atomic E-state index is 12.6. The third-order valence-corrected chi connectivity index (χ3v) is 3.85. The van der Waals surface area contributed by atoms with Gasteiger partial charge in [-0.25, -0.2) is 4.79 Å². The number of anilines is 3. The van der Waals surface area contributed by atoms with Gasteiger partial charge in [-0.05, 0) is 43.3 Å². The molecule has 0 spiro atoms. The van der Waals surface area contributed by atoms with Gasteiger partial charge in [0.05, 0.1) is 5.69 Å². The summed E-state index contributed by atoms with van der Waals surface area (Å²) in [6, 6.07) is 12.2. The Kier molecular flexibility index (Phi) is 7.84. The average Bonchev–Trinajstić information content (AvgIpc) is 2.67. The van der Waals surface area contributed by atoms with Crippen molar-refractivity contribution in [3.8, 4) is 0 Å². The molecule has 0 saturated heterocycles. The number of allylic oxidation sites excluding steroid dienone is 1. The Hall–Kier alpha value is -4.21. The summed E-state index contributed by atoms with van der Waals surface area (Å²) in [6.07, 6.45) is 0.